The van der Waals surface area contributed by atoms with Gasteiger partial charge in [-0.3, -0.25) is 4.79 Å². The van der Waals surface area contributed by atoms with Crippen LogP contribution in [-0.4, -0.2) is 15.3 Å². The molecule has 5 nitrogen and oxygen atoms in total. The Labute approximate surface area is 177 Å². The zero-order valence-electron chi connectivity index (χ0n) is 15.9. The molecule has 30 heavy (non-hydrogen) atoms. The summed E-state index contributed by atoms with van der Waals surface area (Å²) < 4.78 is 23.7. The molecule has 1 amide bonds. The van der Waals surface area contributed by atoms with E-state index in [9.17, 15) is 9.18 Å². The average Bonchev–Trinajstić information content (AvgIpc) is 3.18. The quantitative estimate of drug-likeness (QED) is 0.445. The summed E-state index contributed by atoms with van der Waals surface area (Å²) in [5, 5.41) is 3.04. The molecule has 0 spiro atoms. The molecule has 0 aliphatic heterocycles. The highest BCUT2D eigenvalue weighted by molar-refractivity contribution is 7.07. The molecule has 0 radical (unpaired) electrons. The second-order valence-corrected chi connectivity index (χ2v) is 7.30. The first-order chi connectivity index (χ1) is 14.7. The first-order valence-corrected chi connectivity index (χ1v) is 10.1. The molecule has 7 heteroatoms. The molecule has 150 valence electrons. The fourth-order valence-corrected chi connectivity index (χ4v) is 3.42. The van der Waals surface area contributed by atoms with Crippen LogP contribution in [0.3, 0.4) is 0 Å². The van der Waals surface area contributed by atoms with E-state index in [0.29, 0.717) is 23.2 Å². The lowest BCUT2D eigenvalue weighted by molar-refractivity contribution is -0.115. The Morgan fingerprint density at radius 3 is 2.43 bits per heavy atom. The summed E-state index contributed by atoms with van der Waals surface area (Å²) in [7, 11) is 0. The van der Waals surface area contributed by atoms with Crippen LogP contribution in [0, 0.1) is 5.82 Å². The van der Waals surface area contributed by atoms with Crippen molar-refractivity contribution >= 4 is 23.1 Å². The van der Waals surface area contributed by atoms with Crippen LogP contribution in [0.15, 0.2) is 78.9 Å². The largest absolute Gasteiger partial charge is 0.430 e. The van der Waals surface area contributed by atoms with Crippen LogP contribution >= 0.6 is 11.5 Å². The maximum absolute atomic E-state index is 13.6. The van der Waals surface area contributed by atoms with Crippen LogP contribution in [0.4, 0.5) is 10.1 Å². The van der Waals surface area contributed by atoms with Gasteiger partial charge in [-0.2, -0.15) is 9.36 Å². The van der Waals surface area contributed by atoms with E-state index in [1.54, 1.807) is 36.4 Å². The number of ether oxygens (including phenoxy) is 1. The van der Waals surface area contributed by atoms with E-state index in [1.165, 1.54) is 23.7 Å². The SMILES string of the molecule is O=C(Cc1ccc(Oc2nc(Cc3ccccc3)ns2)cc1)Nc1ccccc1F. The van der Waals surface area contributed by atoms with Crippen molar-refractivity contribution in [3.05, 3.63) is 102 Å². The maximum atomic E-state index is 13.6. The second-order valence-electron chi connectivity index (χ2n) is 6.59. The minimum absolute atomic E-state index is 0.134. The number of halogens is 1. The topological polar surface area (TPSA) is 64.1 Å². The number of nitrogens with one attached hydrogen (secondary N) is 1. The minimum Gasteiger partial charge on any atom is -0.430 e. The number of rotatable bonds is 7. The van der Waals surface area contributed by atoms with Crippen LogP contribution in [0.1, 0.15) is 17.0 Å². The van der Waals surface area contributed by atoms with E-state index in [2.05, 4.69) is 14.7 Å². The number of carbonyl (C=O) groups excluding carboxylic acids is 1. The van der Waals surface area contributed by atoms with Gasteiger partial charge in [-0.05, 0) is 35.4 Å². The molecule has 0 saturated carbocycles. The van der Waals surface area contributed by atoms with Crippen molar-refractivity contribution in [2.75, 3.05) is 5.32 Å². The summed E-state index contributed by atoms with van der Waals surface area (Å²) in [5.41, 5.74) is 2.10. The molecule has 4 aromatic rings. The van der Waals surface area contributed by atoms with Crippen LogP contribution < -0.4 is 10.1 Å². The molecule has 0 aliphatic rings. The van der Waals surface area contributed by atoms with Gasteiger partial charge in [0.2, 0.25) is 5.91 Å². The molecule has 1 N–H and O–H groups in total. The normalized spacial score (nSPS) is 10.6. The van der Waals surface area contributed by atoms with Crippen molar-refractivity contribution in [3.63, 3.8) is 0 Å². The molecule has 0 fully saturated rings. The predicted octanol–water partition coefficient (Wildman–Crippen LogP) is 5.24. The summed E-state index contributed by atoms with van der Waals surface area (Å²) in [6, 6.07) is 23.2. The molecule has 3 aromatic carbocycles. The third-order valence-corrected chi connectivity index (χ3v) is 4.93. The molecule has 0 aliphatic carbocycles. The van der Waals surface area contributed by atoms with Crippen molar-refractivity contribution in [1.82, 2.24) is 9.36 Å². The number of anilines is 1. The smallest absolute Gasteiger partial charge is 0.298 e. The molecule has 1 aromatic heterocycles. The van der Waals surface area contributed by atoms with E-state index >= 15 is 0 Å². The molecule has 4 rings (SSSR count). The number of amides is 1. The summed E-state index contributed by atoms with van der Waals surface area (Å²) in [4.78, 5) is 16.5. The Hall–Kier alpha value is -3.58. The first-order valence-electron chi connectivity index (χ1n) is 9.33. The van der Waals surface area contributed by atoms with E-state index in [-0.39, 0.29) is 18.0 Å². The lowest BCUT2D eigenvalue weighted by atomic mass is 10.1. The van der Waals surface area contributed by atoms with Gasteiger partial charge >= 0.3 is 0 Å². The van der Waals surface area contributed by atoms with Gasteiger partial charge in [0, 0.05) is 18.0 Å². The highest BCUT2D eigenvalue weighted by atomic mass is 32.1. The van der Waals surface area contributed by atoms with Gasteiger partial charge in [-0.15, -0.1) is 0 Å². The van der Waals surface area contributed by atoms with Crippen molar-refractivity contribution in [1.29, 1.82) is 0 Å². The van der Waals surface area contributed by atoms with Crippen molar-refractivity contribution < 1.29 is 13.9 Å². The van der Waals surface area contributed by atoms with Crippen molar-refractivity contribution in [3.8, 4) is 10.9 Å². The van der Waals surface area contributed by atoms with Gasteiger partial charge in [0.05, 0.1) is 12.1 Å². The maximum Gasteiger partial charge on any atom is 0.298 e. The Kier molecular flexibility index (Phi) is 6.10. The van der Waals surface area contributed by atoms with Gasteiger partial charge < -0.3 is 10.1 Å². The lowest BCUT2D eigenvalue weighted by Crippen LogP contribution is -2.15. The number of hydrogen-bond acceptors (Lipinski definition) is 5. The molecular weight excluding hydrogens is 401 g/mol. The van der Waals surface area contributed by atoms with E-state index in [4.69, 9.17) is 4.74 Å². The van der Waals surface area contributed by atoms with Crippen LogP contribution in [-0.2, 0) is 17.6 Å². The van der Waals surface area contributed by atoms with Gasteiger partial charge in [0.15, 0.2) is 5.82 Å². The Morgan fingerprint density at radius 1 is 0.933 bits per heavy atom. The van der Waals surface area contributed by atoms with Gasteiger partial charge in [0.1, 0.15) is 11.6 Å². The summed E-state index contributed by atoms with van der Waals surface area (Å²) in [5.74, 6) is 0.569. The van der Waals surface area contributed by atoms with Gasteiger partial charge in [-0.25, -0.2) is 4.39 Å². The Balaban J connectivity index is 1.33. The molecule has 0 unspecified atom stereocenters. The Morgan fingerprint density at radius 2 is 1.67 bits per heavy atom. The first kappa shape index (κ1) is 19.7. The number of aromatic nitrogens is 2. The Bertz CT molecular complexity index is 1130. The highest BCUT2D eigenvalue weighted by Crippen LogP contribution is 2.24. The number of carbonyl (C=O) groups is 1. The number of benzene rings is 3. The molecule has 0 atom stereocenters. The third-order valence-electron chi connectivity index (χ3n) is 4.30. The number of nitrogens with zero attached hydrogens (tertiary/aromatic N) is 2. The van der Waals surface area contributed by atoms with Crippen molar-refractivity contribution in [2.24, 2.45) is 0 Å². The summed E-state index contributed by atoms with van der Waals surface area (Å²) >= 11 is 1.20. The molecular formula is C23H18FN3O2S. The number of hydrogen-bond donors (Lipinski definition) is 1. The van der Waals surface area contributed by atoms with E-state index in [0.717, 1.165) is 11.1 Å². The zero-order valence-corrected chi connectivity index (χ0v) is 16.7. The highest BCUT2D eigenvalue weighted by Gasteiger charge is 2.09. The fraction of sp³-hybridized carbons (Fsp3) is 0.0870. The summed E-state index contributed by atoms with van der Waals surface area (Å²) in [6.07, 6.45) is 0.783. The monoisotopic (exact) mass is 419 g/mol. The summed E-state index contributed by atoms with van der Waals surface area (Å²) in [6.45, 7) is 0. The second kappa shape index (κ2) is 9.28. The standard InChI is InChI=1S/C23H18FN3O2S/c24-19-8-4-5-9-20(19)25-22(28)15-17-10-12-18(13-11-17)29-23-26-21(27-30-23)14-16-6-2-1-3-7-16/h1-13H,14-15H2,(H,25,28). The van der Waals surface area contributed by atoms with Crippen LogP contribution in [0.25, 0.3) is 0 Å². The van der Waals surface area contributed by atoms with Gasteiger partial charge in [0.25, 0.3) is 5.19 Å². The van der Waals surface area contributed by atoms with Crippen LogP contribution in [0.5, 0.6) is 10.9 Å². The molecule has 0 bridgehead atoms. The van der Waals surface area contributed by atoms with Crippen LogP contribution in [0.2, 0.25) is 0 Å². The zero-order chi connectivity index (χ0) is 20.8. The average molecular weight is 419 g/mol. The predicted molar refractivity (Wildman–Crippen MR) is 114 cm³/mol. The molecule has 1 heterocycles. The van der Waals surface area contributed by atoms with E-state index < -0.39 is 5.82 Å². The molecule has 0 saturated heterocycles. The lowest BCUT2D eigenvalue weighted by Gasteiger charge is -2.07. The number of para-hydroxylation sites is 1. The third kappa shape index (κ3) is 5.27. The van der Waals surface area contributed by atoms with Gasteiger partial charge in [-0.1, -0.05) is 54.6 Å². The minimum atomic E-state index is -0.460. The fourth-order valence-electron chi connectivity index (χ4n) is 2.85. The van der Waals surface area contributed by atoms with Crippen molar-refractivity contribution in [2.45, 2.75) is 12.8 Å². The van der Waals surface area contributed by atoms with E-state index in [1.807, 2.05) is 30.3 Å².